The van der Waals surface area contributed by atoms with E-state index >= 15 is 0 Å². The average molecular weight is 405 g/mol. The molecule has 1 spiro atoms. The molecule has 5 aliphatic rings. The van der Waals surface area contributed by atoms with Crippen LogP contribution in [0.25, 0.3) is 0 Å². The Balaban J connectivity index is 1.41. The molecule has 0 amide bonds. The number of fused-ring (bicyclic) bond motifs is 6. The lowest BCUT2D eigenvalue weighted by molar-refractivity contribution is -0.348. The summed E-state index contributed by atoms with van der Waals surface area (Å²) in [5.74, 6) is 3.30. The zero-order valence-corrected chi connectivity index (χ0v) is 19.5. The molecule has 0 aromatic heterocycles. The number of hydrogen-bond donors (Lipinski definition) is 1. The second-order valence-electron chi connectivity index (χ2n) is 12.8. The van der Waals surface area contributed by atoms with Crippen molar-refractivity contribution in [2.24, 2.45) is 45.8 Å². The predicted molar refractivity (Wildman–Crippen MR) is 115 cm³/mol. The molecule has 1 aliphatic heterocycles. The quantitative estimate of drug-likeness (QED) is 0.601. The zero-order valence-electron chi connectivity index (χ0n) is 19.5. The van der Waals surface area contributed by atoms with Crippen molar-refractivity contribution in [1.82, 2.24) is 0 Å². The Morgan fingerprint density at radius 3 is 2.28 bits per heavy atom. The van der Waals surface area contributed by atoms with E-state index in [1.165, 1.54) is 38.5 Å². The molecule has 166 valence electrons. The van der Waals surface area contributed by atoms with Crippen molar-refractivity contribution in [2.75, 3.05) is 13.2 Å². The molecule has 0 radical (unpaired) electrons. The molecular formula is C26H44O3. The van der Waals surface area contributed by atoms with E-state index in [1.54, 1.807) is 0 Å². The largest absolute Gasteiger partial charge is 0.393 e. The number of rotatable bonds is 1. The van der Waals surface area contributed by atoms with E-state index in [4.69, 9.17) is 9.47 Å². The zero-order chi connectivity index (χ0) is 20.7. The molecule has 1 N–H and O–H groups in total. The van der Waals surface area contributed by atoms with E-state index in [0.717, 1.165) is 56.1 Å². The summed E-state index contributed by atoms with van der Waals surface area (Å²) in [6, 6.07) is 0. The van der Waals surface area contributed by atoms with E-state index < -0.39 is 0 Å². The minimum absolute atomic E-state index is 0.0642. The molecule has 8 atom stereocenters. The maximum atomic E-state index is 10.7. The number of aliphatic hydroxyl groups is 1. The molecule has 3 heteroatoms. The van der Waals surface area contributed by atoms with Gasteiger partial charge in [-0.2, -0.15) is 0 Å². The third-order valence-electron chi connectivity index (χ3n) is 10.8. The molecule has 1 heterocycles. The molecule has 29 heavy (non-hydrogen) atoms. The van der Waals surface area contributed by atoms with Crippen molar-refractivity contribution < 1.29 is 14.6 Å². The Kier molecular flexibility index (Phi) is 4.79. The van der Waals surface area contributed by atoms with Crippen molar-refractivity contribution in [1.29, 1.82) is 0 Å². The minimum Gasteiger partial charge on any atom is -0.393 e. The Hall–Kier alpha value is -0.120. The molecule has 0 aromatic carbocycles. The van der Waals surface area contributed by atoms with Crippen LogP contribution in [0.5, 0.6) is 0 Å². The second kappa shape index (κ2) is 6.69. The third kappa shape index (κ3) is 2.85. The van der Waals surface area contributed by atoms with Crippen LogP contribution in [0.3, 0.4) is 0 Å². The van der Waals surface area contributed by atoms with Gasteiger partial charge in [0.2, 0.25) is 0 Å². The van der Waals surface area contributed by atoms with Crippen LogP contribution in [0.1, 0.15) is 92.4 Å². The number of aliphatic hydroxyl groups excluding tert-OH is 1. The standard InChI is InChI=1S/C26H44O3/c1-6-17-14-24(4)18(13-22(17)27)7-8-19-20(24)9-11-25(5)21(19)10-12-26(25)28-15-23(2,3)16-29-26/h17-22,27H,6-16H2,1-5H3. The topological polar surface area (TPSA) is 38.7 Å². The van der Waals surface area contributed by atoms with Gasteiger partial charge in [0, 0.05) is 17.3 Å². The van der Waals surface area contributed by atoms with Gasteiger partial charge in [-0.25, -0.2) is 0 Å². The fourth-order valence-corrected chi connectivity index (χ4v) is 8.98. The van der Waals surface area contributed by atoms with E-state index in [2.05, 4.69) is 34.6 Å². The summed E-state index contributed by atoms with van der Waals surface area (Å²) in [6.07, 6.45) is 11.0. The summed E-state index contributed by atoms with van der Waals surface area (Å²) in [6.45, 7) is 13.6. The first kappa shape index (κ1) is 20.8. The van der Waals surface area contributed by atoms with E-state index in [0.29, 0.717) is 11.3 Å². The average Bonchev–Trinajstić information content (AvgIpc) is 2.97. The van der Waals surface area contributed by atoms with Crippen LogP contribution in [-0.4, -0.2) is 30.2 Å². The van der Waals surface area contributed by atoms with Gasteiger partial charge in [0.1, 0.15) is 0 Å². The van der Waals surface area contributed by atoms with Crippen molar-refractivity contribution >= 4 is 0 Å². The van der Waals surface area contributed by atoms with Gasteiger partial charge in [0.25, 0.3) is 0 Å². The van der Waals surface area contributed by atoms with Crippen molar-refractivity contribution in [3.63, 3.8) is 0 Å². The molecular weight excluding hydrogens is 360 g/mol. The molecule has 4 saturated carbocycles. The minimum atomic E-state index is -0.329. The van der Waals surface area contributed by atoms with E-state index in [-0.39, 0.29) is 22.7 Å². The molecule has 4 aliphatic carbocycles. The van der Waals surface area contributed by atoms with Gasteiger partial charge in [0.05, 0.1) is 19.3 Å². The van der Waals surface area contributed by atoms with Crippen LogP contribution < -0.4 is 0 Å². The van der Waals surface area contributed by atoms with Gasteiger partial charge in [-0.15, -0.1) is 0 Å². The third-order valence-corrected chi connectivity index (χ3v) is 10.8. The Labute approximate surface area is 178 Å². The van der Waals surface area contributed by atoms with Gasteiger partial charge in [-0.05, 0) is 80.0 Å². The van der Waals surface area contributed by atoms with Crippen LogP contribution in [0.15, 0.2) is 0 Å². The van der Waals surface area contributed by atoms with Crippen LogP contribution in [-0.2, 0) is 9.47 Å². The molecule has 0 bridgehead atoms. The van der Waals surface area contributed by atoms with Gasteiger partial charge < -0.3 is 14.6 Å². The summed E-state index contributed by atoms with van der Waals surface area (Å²) in [7, 11) is 0. The van der Waals surface area contributed by atoms with E-state index in [1.807, 2.05) is 0 Å². The fraction of sp³-hybridized carbons (Fsp3) is 1.00. The smallest absolute Gasteiger partial charge is 0.173 e. The lowest BCUT2D eigenvalue weighted by Gasteiger charge is -2.63. The van der Waals surface area contributed by atoms with Gasteiger partial charge >= 0.3 is 0 Å². The first-order chi connectivity index (χ1) is 13.6. The highest BCUT2D eigenvalue weighted by molar-refractivity contribution is 5.13. The lowest BCUT2D eigenvalue weighted by Crippen LogP contribution is -2.60. The highest BCUT2D eigenvalue weighted by Gasteiger charge is 2.67. The molecule has 3 nitrogen and oxygen atoms in total. The Morgan fingerprint density at radius 2 is 1.59 bits per heavy atom. The highest BCUT2D eigenvalue weighted by Crippen LogP contribution is 2.70. The fourth-order valence-electron chi connectivity index (χ4n) is 8.98. The molecule has 0 aromatic rings. The van der Waals surface area contributed by atoms with Crippen LogP contribution in [0.4, 0.5) is 0 Å². The van der Waals surface area contributed by atoms with Crippen molar-refractivity contribution in [2.45, 2.75) is 104 Å². The first-order valence-corrected chi connectivity index (χ1v) is 12.6. The predicted octanol–water partition coefficient (Wildman–Crippen LogP) is 5.80. The summed E-state index contributed by atoms with van der Waals surface area (Å²) in [4.78, 5) is 0. The number of ether oxygens (including phenoxy) is 2. The lowest BCUT2D eigenvalue weighted by atomic mass is 9.44. The van der Waals surface area contributed by atoms with Gasteiger partial charge in [-0.1, -0.05) is 41.0 Å². The summed E-state index contributed by atoms with van der Waals surface area (Å²) >= 11 is 0. The Bertz CT molecular complexity index is 634. The molecule has 5 fully saturated rings. The first-order valence-electron chi connectivity index (χ1n) is 12.6. The summed E-state index contributed by atoms with van der Waals surface area (Å²) in [5, 5.41) is 10.7. The van der Waals surface area contributed by atoms with Gasteiger partial charge in [-0.3, -0.25) is 0 Å². The second-order valence-corrected chi connectivity index (χ2v) is 12.8. The molecule has 8 unspecified atom stereocenters. The summed E-state index contributed by atoms with van der Waals surface area (Å²) < 4.78 is 13.2. The van der Waals surface area contributed by atoms with E-state index in [9.17, 15) is 5.11 Å². The van der Waals surface area contributed by atoms with Gasteiger partial charge in [0.15, 0.2) is 5.79 Å². The normalized spacial score (nSPS) is 53.2. The monoisotopic (exact) mass is 404 g/mol. The SMILES string of the molecule is CCC1CC2(C)C(CCC3C2CCC2(C)C3CCC23OCC(C)(C)CO3)CC1O. The van der Waals surface area contributed by atoms with Crippen molar-refractivity contribution in [3.05, 3.63) is 0 Å². The Morgan fingerprint density at radius 1 is 0.897 bits per heavy atom. The maximum Gasteiger partial charge on any atom is 0.173 e. The molecule has 5 rings (SSSR count). The molecule has 1 saturated heterocycles. The number of hydrogen-bond acceptors (Lipinski definition) is 3. The van der Waals surface area contributed by atoms with Crippen LogP contribution in [0.2, 0.25) is 0 Å². The van der Waals surface area contributed by atoms with Crippen LogP contribution >= 0.6 is 0 Å². The highest BCUT2D eigenvalue weighted by atomic mass is 16.7. The van der Waals surface area contributed by atoms with Crippen molar-refractivity contribution in [3.8, 4) is 0 Å². The summed E-state index contributed by atoms with van der Waals surface area (Å²) in [5.41, 5.74) is 0.739. The van der Waals surface area contributed by atoms with Crippen LogP contribution in [0, 0.1) is 45.8 Å². The maximum absolute atomic E-state index is 10.7.